The highest BCUT2D eigenvalue weighted by molar-refractivity contribution is 5.69. The average Bonchev–Trinajstić information content (AvgIpc) is 2.16. The summed E-state index contributed by atoms with van der Waals surface area (Å²) in [7, 11) is 0. The smallest absolute Gasteiger partial charge is 0.412 e. The van der Waals surface area contributed by atoms with E-state index in [4.69, 9.17) is 16.2 Å². The van der Waals surface area contributed by atoms with Crippen molar-refractivity contribution in [1.29, 1.82) is 0 Å². The zero-order chi connectivity index (χ0) is 14.7. The molecule has 0 saturated carbocycles. The number of carbonyl (C=O) groups is 1. The number of carbonyl (C=O) groups excluding carboxylic acids is 1. The van der Waals surface area contributed by atoms with Crippen molar-refractivity contribution in [3.8, 4) is 0 Å². The highest BCUT2D eigenvalue weighted by atomic mass is 16.6. The number of hydrogen-bond acceptors (Lipinski definition) is 4. The molecule has 0 aliphatic heterocycles. The molecule has 0 aromatic rings. The molecule has 108 valence electrons. The summed E-state index contributed by atoms with van der Waals surface area (Å²) in [5.41, 5.74) is 10.9. The minimum Gasteiger partial charge on any atom is -0.450 e. The van der Waals surface area contributed by atoms with Crippen molar-refractivity contribution in [2.24, 2.45) is 23.3 Å². The zero-order valence-electron chi connectivity index (χ0n) is 12.8. The second-order valence-corrected chi connectivity index (χ2v) is 5.80. The van der Waals surface area contributed by atoms with Gasteiger partial charge in [-0.1, -0.05) is 27.7 Å². The predicted octanol–water partition coefficient (Wildman–Crippen LogP) is 2.11. The quantitative estimate of drug-likeness (QED) is 0.741. The molecule has 1 amide bonds. The summed E-state index contributed by atoms with van der Waals surface area (Å²) in [5.74, 6) is 0.118. The van der Waals surface area contributed by atoms with Crippen LogP contribution in [0.25, 0.3) is 0 Å². The predicted molar refractivity (Wildman–Crippen MR) is 73.7 cm³/mol. The lowest BCUT2D eigenvalue weighted by atomic mass is 9.89. The van der Waals surface area contributed by atoms with E-state index in [1.54, 1.807) is 6.92 Å². The van der Waals surface area contributed by atoms with Crippen LogP contribution in [0.3, 0.4) is 0 Å². The van der Waals surface area contributed by atoms with Gasteiger partial charge in [-0.2, -0.15) is 0 Å². The maximum atomic E-state index is 12.2. The highest BCUT2D eigenvalue weighted by Gasteiger charge is 2.46. The number of ether oxygens (including phenoxy) is 1. The van der Waals surface area contributed by atoms with Crippen LogP contribution in [-0.2, 0) is 4.74 Å². The largest absolute Gasteiger partial charge is 0.450 e. The van der Waals surface area contributed by atoms with E-state index >= 15 is 0 Å². The van der Waals surface area contributed by atoms with Crippen LogP contribution in [0.4, 0.5) is 4.79 Å². The summed E-state index contributed by atoms with van der Waals surface area (Å²) < 4.78 is 5.10. The van der Waals surface area contributed by atoms with Crippen molar-refractivity contribution in [2.45, 2.75) is 59.8 Å². The zero-order valence-corrected chi connectivity index (χ0v) is 12.8. The van der Waals surface area contributed by atoms with Gasteiger partial charge >= 0.3 is 6.09 Å². The first-order chi connectivity index (χ1) is 7.99. The Bertz CT molecular complexity index is 266. The van der Waals surface area contributed by atoms with Gasteiger partial charge in [0.25, 0.3) is 0 Å². The summed E-state index contributed by atoms with van der Waals surface area (Å²) in [6, 6.07) is 0. The molecule has 0 saturated heterocycles. The van der Waals surface area contributed by atoms with Gasteiger partial charge in [-0.3, -0.25) is 4.90 Å². The number of hydrogen-bond donors (Lipinski definition) is 2. The van der Waals surface area contributed by atoms with E-state index in [0.29, 0.717) is 6.61 Å². The average molecular weight is 259 g/mol. The van der Waals surface area contributed by atoms with E-state index in [1.165, 1.54) is 4.90 Å². The molecule has 5 heteroatoms. The van der Waals surface area contributed by atoms with E-state index in [-0.39, 0.29) is 11.8 Å². The Kier molecular flexibility index (Phi) is 5.62. The van der Waals surface area contributed by atoms with Crippen molar-refractivity contribution in [1.82, 2.24) is 4.90 Å². The third-order valence-electron chi connectivity index (χ3n) is 3.75. The molecule has 0 aromatic carbocycles. The highest BCUT2D eigenvalue weighted by Crippen LogP contribution is 2.30. The van der Waals surface area contributed by atoms with Crippen LogP contribution in [0.15, 0.2) is 0 Å². The Morgan fingerprint density at radius 1 is 1.11 bits per heavy atom. The van der Waals surface area contributed by atoms with Gasteiger partial charge in [-0.05, 0) is 32.6 Å². The Hall–Kier alpha value is -0.810. The lowest BCUT2D eigenvalue weighted by molar-refractivity contribution is -0.0399. The minimum absolute atomic E-state index is 0.0588. The summed E-state index contributed by atoms with van der Waals surface area (Å²) in [5, 5.41) is 0. The van der Waals surface area contributed by atoms with Crippen LogP contribution in [0.2, 0.25) is 0 Å². The summed E-state index contributed by atoms with van der Waals surface area (Å²) in [6.07, 6.45) is -0.463. The molecule has 0 radical (unpaired) electrons. The van der Waals surface area contributed by atoms with Crippen molar-refractivity contribution in [3.63, 3.8) is 0 Å². The molecule has 0 aliphatic rings. The minimum atomic E-state index is -0.861. The first-order valence-corrected chi connectivity index (χ1v) is 6.54. The Morgan fingerprint density at radius 2 is 1.44 bits per heavy atom. The fourth-order valence-corrected chi connectivity index (χ4v) is 1.62. The van der Waals surface area contributed by atoms with E-state index in [9.17, 15) is 4.79 Å². The Morgan fingerprint density at radius 3 is 1.67 bits per heavy atom. The molecular weight excluding hydrogens is 230 g/mol. The topological polar surface area (TPSA) is 81.6 Å². The van der Waals surface area contributed by atoms with Crippen LogP contribution in [0.1, 0.15) is 48.5 Å². The SMILES string of the molecule is CCOC(=O)N(C(C)(N)C(C)C)C(C)(N)C(C)C. The molecule has 0 heterocycles. The molecule has 0 bridgehead atoms. The van der Waals surface area contributed by atoms with Crippen LogP contribution in [-0.4, -0.2) is 28.9 Å². The summed E-state index contributed by atoms with van der Waals surface area (Å²) in [6.45, 7) is 13.5. The van der Waals surface area contributed by atoms with Crippen LogP contribution in [0.5, 0.6) is 0 Å². The molecule has 0 rings (SSSR count). The fraction of sp³-hybridized carbons (Fsp3) is 0.923. The molecule has 2 unspecified atom stereocenters. The first kappa shape index (κ1) is 17.2. The molecule has 0 aliphatic carbocycles. The van der Waals surface area contributed by atoms with Gasteiger partial charge in [0.2, 0.25) is 0 Å². The van der Waals surface area contributed by atoms with Gasteiger partial charge in [0.15, 0.2) is 0 Å². The van der Waals surface area contributed by atoms with Gasteiger partial charge < -0.3 is 16.2 Å². The second kappa shape index (κ2) is 5.89. The number of amides is 1. The lowest BCUT2D eigenvalue weighted by Gasteiger charge is -2.50. The number of rotatable bonds is 5. The summed E-state index contributed by atoms with van der Waals surface area (Å²) >= 11 is 0. The third kappa shape index (κ3) is 3.36. The molecule has 2 atom stereocenters. The van der Waals surface area contributed by atoms with E-state index < -0.39 is 17.4 Å². The van der Waals surface area contributed by atoms with Gasteiger partial charge in [0, 0.05) is 0 Å². The van der Waals surface area contributed by atoms with Crippen LogP contribution in [0, 0.1) is 11.8 Å². The van der Waals surface area contributed by atoms with Gasteiger partial charge in [-0.25, -0.2) is 4.79 Å². The van der Waals surface area contributed by atoms with Crippen molar-refractivity contribution < 1.29 is 9.53 Å². The fourth-order valence-electron chi connectivity index (χ4n) is 1.62. The van der Waals surface area contributed by atoms with Crippen molar-refractivity contribution in [3.05, 3.63) is 0 Å². The number of nitrogens with two attached hydrogens (primary N) is 2. The van der Waals surface area contributed by atoms with Crippen LogP contribution >= 0.6 is 0 Å². The van der Waals surface area contributed by atoms with Crippen LogP contribution < -0.4 is 11.5 Å². The molecule has 5 nitrogen and oxygen atoms in total. The lowest BCUT2D eigenvalue weighted by Crippen LogP contribution is -2.72. The molecule has 0 aromatic heterocycles. The monoisotopic (exact) mass is 259 g/mol. The second-order valence-electron chi connectivity index (χ2n) is 5.80. The van der Waals surface area contributed by atoms with Crippen molar-refractivity contribution in [2.75, 3.05) is 6.61 Å². The van der Waals surface area contributed by atoms with Gasteiger partial charge in [0.1, 0.15) is 0 Å². The molecular formula is C13H29N3O2. The van der Waals surface area contributed by atoms with Gasteiger partial charge in [-0.15, -0.1) is 0 Å². The normalized spacial score (nSPS) is 18.4. The Balaban J connectivity index is 5.52. The Labute approximate surface area is 111 Å². The first-order valence-electron chi connectivity index (χ1n) is 6.54. The maximum absolute atomic E-state index is 12.2. The number of nitrogens with zero attached hydrogens (tertiary/aromatic N) is 1. The maximum Gasteiger partial charge on any atom is 0.412 e. The van der Waals surface area contributed by atoms with E-state index in [0.717, 1.165) is 0 Å². The molecule has 0 spiro atoms. The molecule has 18 heavy (non-hydrogen) atoms. The molecule has 0 fully saturated rings. The molecule has 4 N–H and O–H groups in total. The standard InChI is InChI=1S/C13H29N3O2/c1-8-18-11(17)16(12(6,14)9(2)3)13(7,15)10(4)5/h9-10H,8,14-15H2,1-7H3. The van der Waals surface area contributed by atoms with E-state index in [1.807, 2.05) is 41.5 Å². The van der Waals surface area contributed by atoms with Gasteiger partial charge in [0.05, 0.1) is 17.9 Å². The van der Waals surface area contributed by atoms with Crippen molar-refractivity contribution >= 4 is 6.09 Å². The summed E-state index contributed by atoms with van der Waals surface area (Å²) in [4.78, 5) is 13.7. The van der Waals surface area contributed by atoms with E-state index in [2.05, 4.69) is 0 Å². The third-order valence-corrected chi connectivity index (χ3v) is 3.75.